The van der Waals surface area contributed by atoms with Crippen molar-refractivity contribution in [2.75, 3.05) is 6.54 Å². The fourth-order valence-electron chi connectivity index (χ4n) is 5.01. The summed E-state index contributed by atoms with van der Waals surface area (Å²) in [6, 6.07) is 16.6. The quantitative estimate of drug-likeness (QED) is 0.253. The zero-order valence-electron chi connectivity index (χ0n) is 24.8. The monoisotopic (exact) mass is 576 g/mol. The molecule has 1 aliphatic heterocycles. The molecule has 1 heterocycles. The van der Waals surface area contributed by atoms with Crippen molar-refractivity contribution in [3.63, 3.8) is 0 Å². The van der Waals surface area contributed by atoms with Crippen LogP contribution in [-0.2, 0) is 32.1 Å². The van der Waals surface area contributed by atoms with Crippen LogP contribution < -0.4 is 21.3 Å². The zero-order valence-corrected chi connectivity index (χ0v) is 24.8. The lowest BCUT2D eigenvalue weighted by Crippen LogP contribution is -2.56. The molecule has 9 nitrogen and oxygen atoms in total. The van der Waals surface area contributed by atoms with Crippen LogP contribution in [0, 0.1) is 11.8 Å². The molecule has 1 aliphatic rings. The number of rotatable bonds is 14. The number of hydrogen-bond donors (Lipinski definition) is 4. The molecule has 2 aromatic rings. The Bertz CT molecular complexity index is 1190. The van der Waals surface area contributed by atoms with Crippen LogP contribution in [0.25, 0.3) is 0 Å². The van der Waals surface area contributed by atoms with Crippen molar-refractivity contribution in [1.29, 1.82) is 0 Å². The average molecular weight is 577 g/mol. The zero-order chi connectivity index (χ0) is 30.3. The van der Waals surface area contributed by atoms with Gasteiger partial charge in [0.25, 0.3) is 0 Å². The van der Waals surface area contributed by atoms with Crippen molar-refractivity contribution >= 4 is 23.8 Å². The summed E-state index contributed by atoms with van der Waals surface area (Å²) in [7, 11) is 0. The molecule has 4 N–H and O–H groups in total. The van der Waals surface area contributed by atoms with E-state index >= 15 is 0 Å². The summed E-state index contributed by atoms with van der Waals surface area (Å²) in [5.74, 6) is -0.922. The standard InChI is InChI=1S/C33H44N4O5/c1-4-12-27(21-26-17-11-18-34-30(26)38)35-31(39)29(20-24-13-7-5-8-14-24)36-32(40)28(19-23(2)3)37-33(41)42-22-25-15-9-6-10-16-25/h4-10,12-16,23,26-29H,11,17-22H2,1-3H3,(H,34,38)(H,35,39)(H,36,40)(H,37,41)/b12-4+/t26-,27+,28-,29-/m0/s1. The summed E-state index contributed by atoms with van der Waals surface area (Å²) in [5, 5.41) is 11.5. The van der Waals surface area contributed by atoms with Gasteiger partial charge in [-0.3, -0.25) is 14.4 Å². The summed E-state index contributed by atoms with van der Waals surface area (Å²) in [5.41, 5.74) is 1.71. The summed E-state index contributed by atoms with van der Waals surface area (Å²) in [4.78, 5) is 52.2. The normalized spacial score (nSPS) is 17.1. The van der Waals surface area contributed by atoms with E-state index in [0.29, 0.717) is 19.4 Å². The van der Waals surface area contributed by atoms with Gasteiger partial charge in [-0.15, -0.1) is 0 Å². The number of piperidine rings is 1. The topological polar surface area (TPSA) is 126 Å². The minimum atomic E-state index is -0.898. The van der Waals surface area contributed by atoms with Gasteiger partial charge in [0.2, 0.25) is 17.7 Å². The van der Waals surface area contributed by atoms with Gasteiger partial charge in [-0.25, -0.2) is 4.79 Å². The van der Waals surface area contributed by atoms with Gasteiger partial charge in [-0.05, 0) is 49.7 Å². The first-order chi connectivity index (χ1) is 20.2. The van der Waals surface area contributed by atoms with Crippen LogP contribution in [0.5, 0.6) is 0 Å². The molecule has 0 aliphatic carbocycles. The molecule has 0 spiro atoms. The number of alkyl carbamates (subject to hydrolysis) is 1. The fourth-order valence-corrected chi connectivity index (χ4v) is 5.01. The van der Waals surface area contributed by atoms with Crippen LogP contribution >= 0.6 is 0 Å². The van der Waals surface area contributed by atoms with E-state index < -0.39 is 24.1 Å². The Kier molecular flexibility index (Phi) is 13.1. The molecule has 4 amide bonds. The lowest BCUT2D eigenvalue weighted by Gasteiger charge is -2.28. The number of carbonyl (C=O) groups is 4. The Morgan fingerprint density at radius 2 is 1.57 bits per heavy atom. The second kappa shape index (κ2) is 17.0. The van der Waals surface area contributed by atoms with Crippen molar-refractivity contribution in [2.45, 2.75) is 77.6 Å². The van der Waals surface area contributed by atoms with Gasteiger partial charge in [-0.1, -0.05) is 86.7 Å². The molecule has 9 heteroatoms. The van der Waals surface area contributed by atoms with E-state index in [-0.39, 0.29) is 42.7 Å². The summed E-state index contributed by atoms with van der Waals surface area (Å²) >= 11 is 0. The maximum atomic E-state index is 13.6. The van der Waals surface area contributed by atoms with E-state index in [2.05, 4.69) is 21.3 Å². The average Bonchev–Trinajstić information content (AvgIpc) is 2.97. The van der Waals surface area contributed by atoms with Crippen LogP contribution in [0.3, 0.4) is 0 Å². The number of carbonyl (C=O) groups excluding carboxylic acids is 4. The van der Waals surface area contributed by atoms with Gasteiger partial charge in [0.15, 0.2) is 0 Å². The highest BCUT2D eigenvalue weighted by Gasteiger charge is 2.30. The van der Waals surface area contributed by atoms with Crippen molar-refractivity contribution in [2.24, 2.45) is 11.8 Å². The van der Waals surface area contributed by atoms with Crippen molar-refractivity contribution in [3.05, 3.63) is 83.9 Å². The molecule has 0 unspecified atom stereocenters. The van der Waals surface area contributed by atoms with Gasteiger partial charge in [0.05, 0.1) is 0 Å². The maximum absolute atomic E-state index is 13.6. The lowest BCUT2D eigenvalue weighted by atomic mass is 9.91. The molecule has 1 fully saturated rings. The lowest BCUT2D eigenvalue weighted by molar-refractivity contribution is -0.130. The number of allylic oxidation sites excluding steroid dienone is 1. The summed E-state index contributed by atoms with van der Waals surface area (Å²) in [6.07, 6.45) is 5.77. The number of benzene rings is 2. The van der Waals surface area contributed by atoms with Gasteiger partial charge in [0.1, 0.15) is 18.7 Å². The fraction of sp³-hybridized carbons (Fsp3) is 0.455. The highest BCUT2D eigenvalue weighted by atomic mass is 16.5. The van der Waals surface area contributed by atoms with Gasteiger partial charge < -0.3 is 26.0 Å². The van der Waals surface area contributed by atoms with Crippen molar-refractivity contribution < 1.29 is 23.9 Å². The van der Waals surface area contributed by atoms with E-state index in [9.17, 15) is 19.2 Å². The number of ether oxygens (including phenoxy) is 1. The maximum Gasteiger partial charge on any atom is 0.408 e. The molecule has 0 bridgehead atoms. The molecule has 0 aromatic heterocycles. The SMILES string of the molecule is C/C=C/[C@H](C[C@@H]1CCCNC1=O)NC(=O)[C@H](Cc1ccccc1)NC(=O)[C@H](CC(C)C)NC(=O)OCc1ccccc1. The van der Waals surface area contributed by atoms with E-state index in [1.165, 1.54) is 0 Å². The molecular weight excluding hydrogens is 532 g/mol. The molecule has 3 rings (SSSR count). The van der Waals surface area contributed by atoms with Crippen LogP contribution in [0.4, 0.5) is 4.79 Å². The highest BCUT2D eigenvalue weighted by Crippen LogP contribution is 2.18. The molecule has 0 saturated carbocycles. The minimum absolute atomic E-state index is 0.000826. The van der Waals surface area contributed by atoms with Crippen LogP contribution in [0.1, 0.15) is 57.6 Å². The Hall–Kier alpha value is -4.14. The second-order valence-corrected chi connectivity index (χ2v) is 11.1. The number of nitrogens with one attached hydrogen (secondary N) is 4. The van der Waals surface area contributed by atoms with Crippen molar-refractivity contribution in [3.8, 4) is 0 Å². The third-order valence-corrected chi connectivity index (χ3v) is 7.13. The molecule has 0 radical (unpaired) electrons. The smallest absolute Gasteiger partial charge is 0.408 e. The molecule has 4 atom stereocenters. The first kappa shape index (κ1) is 32.4. The first-order valence-electron chi connectivity index (χ1n) is 14.8. The van der Waals surface area contributed by atoms with Crippen LogP contribution in [0.2, 0.25) is 0 Å². The van der Waals surface area contributed by atoms with Gasteiger partial charge in [0, 0.05) is 24.9 Å². The Morgan fingerprint density at radius 1 is 0.929 bits per heavy atom. The van der Waals surface area contributed by atoms with E-state index in [0.717, 1.165) is 24.0 Å². The third kappa shape index (κ3) is 11.0. The van der Waals surface area contributed by atoms with Crippen LogP contribution in [0.15, 0.2) is 72.8 Å². The predicted octanol–water partition coefficient (Wildman–Crippen LogP) is 4.03. The van der Waals surface area contributed by atoms with Gasteiger partial charge in [-0.2, -0.15) is 0 Å². The molecular formula is C33H44N4O5. The van der Waals surface area contributed by atoms with E-state index in [4.69, 9.17) is 4.74 Å². The third-order valence-electron chi connectivity index (χ3n) is 7.13. The van der Waals surface area contributed by atoms with E-state index in [1.54, 1.807) is 0 Å². The summed E-state index contributed by atoms with van der Waals surface area (Å²) in [6.45, 7) is 6.52. The number of hydrogen-bond acceptors (Lipinski definition) is 5. The van der Waals surface area contributed by atoms with E-state index in [1.807, 2.05) is 93.6 Å². The second-order valence-electron chi connectivity index (χ2n) is 11.1. The summed E-state index contributed by atoms with van der Waals surface area (Å²) < 4.78 is 5.35. The Morgan fingerprint density at radius 3 is 2.19 bits per heavy atom. The van der Waals surface area contributed by atoms with Crippen molar-refractivity contribution in [1.82, 2.24) is 21.3 Å². The largest absolute Gasteiger partial charge is 0.445 e. The predicted molar refractivity (Wildman–Crippen MR) is 162 cm³/mol. The molecule has 1 saturated heterocycles. The number of amides is 4. The highest BCUT2D eigenvalue weighted by molar-refractivity contribution is 5.91. The molecule has 42 heavy (non-hydrogen) atoms. The first-order valence-corrected chi connectivity index (χ1v) is 14.8. The van der Waals surface area contributed by atoms with Gasteiger partial charge >= 0.3 is 6.09 Å². The molecule has 2 aromatic carbocycles. The Labute approximate surface area is 248 Å². The minimum Gasteiger partial charge on any atom is -0.445 e. The van der Waals surface area contributed by atoms with Crippen LogP contribution in [-0.4, -0.2) is 48.5 Å². The molecule has 226 valence electrons. The Balaban J connectivity index is 1.71.